The second kappa shape index (κ2) is 8.71. The highest BCUT2D eigenvalue weighted by Gasteiger charge is 2.44. The highest BCUT2D eigenvalue weighted by molar-refractivity contribution is 5.79. The summed E-state index contributed by atoms with van der Waals surface area (Å²) in [5, 5.41) is 0. The number of imidazole rings is 1. The average molecular weight is 481 g/mol. The fourth-order valence-corrected chi connectivity index (χ4v) is 5.21. The van der Waals surface area contributed by atoms with Crippen LogP contribution in [0.1, 0.15) is 31.4 Å². The number of carbonyl (C=O) groups excluding carboxylic acids is 2. The molecule has 0 unspecified atom stereocenters. The maximum absolute atomic E-state index is 13.0. The molecule has 2 aliphatic heterocycles. The molecule has 2 amide bonds. The molecule has 1 aromatic carbocycles. The summed E-state index contributed by atoms with van der Waals surface area (Å²) in [6, 6.07) is 9.61. The Labute approximate surface area is 201 Å². The Balaban J connectivity index is 1.26. The third-order valence-electron chi connectivity index (χ3n) is 7.18. The van der Waals surface area contributed by atoms with E-state index in [0.717, 1.165) is 10.1 Å². The monoisotopic (exact) mass is 480 g/mol. The molecule has 184 valence electrons. The van der Waals surface area contributed by atoms with Crippen molar-refractivity contribution in [1.29, 1.82) is 0 Å². The quantitative estimate of drug-likeness (QED) is 0.551. The molecule has 2 saturated heterocycles. The van der Waals surface area contributed by atoms with E-state index in [1.54, 1.807) is 11.9 Å². The summed E-state index contributed by atoms with van der Waals surface area (Å²) in [5.74, 6) is -0.141. The Morgan fingerprint density at radius 1 is 1.06 bits per heavy atom. The van der Waals surface area contributed by atoms with E-state index >= 15 is 0 Å². The summed E-state index contributed by atoms with van der Waals surface area (Å²) in [5.41, 5.74) is 0.490. The number of hydrogen-bond donors (Lipinski definition) is 0. The predicted molar refractivity (Wildman–Crippen MR) is 127 cm³/mol. The standard InChI is InChI=1S/C24H28N6O5/c1-15-20(16-7-5-4-6-8-16)35-24(34)30(15)17-9-11-28(12-10-17)18(31)13-29-14-25-21-19(29)22(32)27(3)23(33)26(21)2/h4-8,14-15,17,20H,9-13H2,1-3H3/t15-,20-/m1/s1. The largest absolute Gasteiger partial charge is 0.439 e. The Morgan fingerprint density at radius 2 is 1.74 bits per heavy atom. The van der Waals surface area contributed by atoms with Crippen molar-refractivity contribution in [3.8, 4) is 0 Å². The molecule has 2 fully saturated rings. The molecule has 2 atom stereocenters. The minimum absolute atomic E-state index is 0.00819. The van der Waals surface area contributed by atoms with Crippen LogP contribution in [0.2, 0.25) is 0 Å². The van der Waals surface area contributed by atoms with Gasteiger partial charge in [0.2, 0.25) is 5.91 Å². The Kier molecular flexibility index (Phi) is 5.70. The van der Waals surface area contributed by atoms with E-state index in [1.807, 2.05) is 42.2 Å². The Hall–Kier alpha value is -3.89. The molecule has 11 nitrogen and oxygen atoms in total. The van der Waals surface area contributed by atoms with Gasteiger partial charge in [0.05, 0.1) is 12.4 Å². The van der Waals surface area contributed by atoms with E-state index in [9.17, 15) is 19.2 Å². The molecule has 0 bridgehead atoms. The number of benzene rings is 1. The highest BCUT2D eigenvalue weighted by Crippen LogP contribution is 2.35. The number of aromatic nitrogens is 4. The van der Waals surface area contributed by atoms with Crippen molar-refractivity contribution in [2.24, 2.45) is 14.1 Å². The van der Waals surface area contributed by atoms with Crippen LogP contribution in [0.4, 0.5) is 4.79 Å². The number of fused-ring (bicyclic) bond motifs is 1. The summed E-state index contributed by atoms with van der Waals surface area (Å²) in [4.78, 5) is 58.2. The number of cyclic esters (lactones) is 1. The van der Waals surface area contributed by atoms with E-state index in [-0.39, 0.29) is 47.9 Å². The maximum atomic E-state index is 13.0. The van der Waals surface area contributed by atoms with Crippen LogP contribution in [-0.4, -0.2) is 65.7 Å². The molecule has 0 aliphatic carbocycles. The van der Waals surface area contributed by atoms with Crippen LogP contribution in [0.3, 0.4) is 0 Å². The number of hydrogen-bond acceptors (Lipinski definition) is 6. The van der Waals surface area contributed by atoms with E-state index in [4.69, 9.17) is 4.74 Å². The average Bonchev–Trinajstić information content (AvgIpc) is 3.42. The molecule has 0 spiro atoms. The minimum Gasteiger partial charge on any atom is -0.439 e. The van der Waals surface area contributed by atoms with Crippen molar-refractivity contribution < 1.29 is 14.3 Å². The van der Waals surface area contributed by atoms with Crippen LogP contribution in [-0.2, 0) is 30.2 Å². The molecular weight excluding hydrogens is 452 g/mol. The molecule has 0 N–H and O–H groups in total. The van der Waals surface area contributed by atoms with Crippen molar-refractivity contribution in [3.05, 3.63) is 63.1 Å². The van der Waals surface area contributed by atoms with Gasteiger partial charge >= 0.3 is 11.8 Å². The zero-order chi connectivity index (χ0) is 24.9. The number of carbonyl (C=O) groups is 2. The number of aryl methyl sites for hydroxylation is 1. The van der Waals surface area contributed by atoms with Gasteiger partial charge in [-0.1, -0.05) is 30.3 Å². The van der Waals surface area contributed by atoms with Gasteiger partial charge in [-0.25, -0.2) is 14.6 Å². The third-order valence-corrected chi connectivity index (χ3v) is 7.18. The number of nitrogens with zero attached hydrogens (tertiary/aromatic N) is 6. The summed E-state index contributed by atoms with van der Waals surface area (Å²) in [6.45, 7) is 2.95. The lowest BCUT2D eigenvalue weighted by molar-refractivity contribution is -0.133. The van der Waals surface area contributed by atoms with Gasteiger partial charge in [-0.05, 0) is 25.3 Å². The van der Waals surface area contributed by atoms with E-state index in [2.05, 4.69) is 4.98 Å². The van der Waals surface area contributed by atoms with E-state index in [0.29, 0.717) is 25.9 Å². The molecule has 5 rings (SSSR count). The fourth-order valence-electron chi connectivity index (χ4n) is 5.21. The van der Waals surface area contributed by atoms with E-state index < -0.39 is 11.2 Å². The first kappa shape index (κ1) is 22.9. The highest BCUT2D eigenvalue weighted by atomic mass is 16.6. The molecular formula is C24H28N6O5. The zero-order valence-corrected chi connectivity index (χ0v) is 20.0. The van der Waals surface area contributed by atoms with Gasteiger partial charge in [-0.15, -0.1) is 0 Å². The maximum Gasteiger partial charge on any atom is 0.411 e. The van der Waals surface area contributed by atoms with Gasteiger partial charge in [0.1, 0.15) is 12.6 Å². The number of likely N-dealkylation sites (tertiary alicyclic amines) is 1. The first-order valence-corrected chi connectivity index (χ1v) is 11.7. The van der Waals surface area contributed by atoms with Crippen LogP contribution in [0.15, 0.2) is 46.2 Å². The van der Waals surface area contributed by atoms with Gasteiger partial charge in [-0.2, -0.15) is 0 Å². The number of amides is 2. The second-order valence-corrected chi connectivity index (χ2v) is 9.23. The van der Waals surface area contributed by atoms with Crippen LogP contribution in [0, 0.1) is 0 Å². The van der Waals surface area contributed by atoms with Crippen LogP contribution >= 0.6 is 0 Å². The van der Waals surface area contributed by atoms with Crippen molar-refractivity contribution >= 4 is 23.2 Å². The predicted octanol–water partition coefficient (Wildman–Crippen LogP) is 1.01. The van der Waals surface area contributed by atoms with Gasteiger partial charge in [0, 0.05) is 33.2 Å². The topological polar surface area (TPSA) is 112 Å². The van der Waals surface area contributed by atoms with Gasteiger partial charge in [0.15, 0.2) is 11.2 Å². The van der Waals surface area contributed by atoms with Crippen LogP contribution in [0.25, 0.3) is 11.2 Å². The van der Waals surface area contributed by atoms with Crippen molar-refractivity contribution in [3.63, 3.8) is 0 Å². The first-order chi connectivity index (χ1) is 16.8. The summed E-state index contributed by atoms with van der Waals surface area (Å²) >= 11 is 0. The fraction of sp³-hybridized carbons (Fsp3) is 0.458. The lowest BCUT2D eigenvalue weighted by Crippen LogP contribution is -2.49. The second-order valence-electron chi connectivity index (χ2n) is 9.23. The molecule has 11 heteroatoms. The molecule has 4 heterocycles. The normalized spacial score (nSPS) is 21.1. The zero-order valence-electron chi connectivity index (χ0n) is 20.0. The van der Waals surface area contributed by atoms with Gasteiger partial charge in [-0.3, -0.25) is 23.6 Å². The molecule has 2 aromatic heterocycles. The summed E-state index contributed by atoms with van der Waals surface area (Å²) in [6.07, 6.45) is 2.09. The minimum atomic E-state index is -0.485. The van der Waals surface area contributed by atoms with E-state index in [1.165, 1.54) is 22.5 Å². The van der Waals surface area contributed by atoms with Gasteiger partial charge in [0.25, 0.3) is 5.56 Å². The number of rotatable bonds is 4. The van der Waals surface area contributed by atoms with Crippen molar-refractivity contribution in [2.45, 2.75) is 44.5 Å². The van der Waals surface area contributed by atoms with Crippen LogP contribution < -0.4 is 11.2 Å². The molecule has 3 aromatic rings. The molecule has 0 radical (unpaired) electrons. The Bertz CT molecular complexity index is 1400. The van der Waals surface area contributed by atoms with Crippen molar-refractivity contribution in [2.75, 3.05) is 13.1 Å². The summed E-state index contributed by atoms with van der Waals surface area (Å²) in [7, 11) is 2.95. The first-order valence-electron chi connectivity index (χ1n) is 11.7. The molecule has 2 aliphatic rings. The lowest BCUT2D eigenvalue weighted by Gasteiger charge is -2.37. The van der Waals surface area contributed by atoms with Crippen LogP contribution in [0.5, 0.6) is 0 Å². The number of ether oxygens (including phenoxy) is 1. The summed E-state index contributed by atoms with van der Waals surface area (Å²) < 4.78 is 9.49. The Morgan fingerprint density at radius 3 is 2.43 bits per heavy atom. The lowest BCUT2D eigenvalue weighted by atomic mass is 9.98. The van der Waals surface area contributed by atoms with Crippen molar-refractivity contribution in [1.82, 2.24) is 28.5 Å². The third kappa shape index (κ3) is 3.80. The number of piperidine rings is 1. The molecule has 0 saturated carbocycles. The SMILES string of the molecule is C[C@@H]1[C@H](c2ccccc2)OC(=O)N1C1CCN(C(=O)Cn2cnc3c2c(=O)n(C)c(=O)n3C)CC1. The molecule has 35 heavy (non-hydrogen) atoms. The smallest absolute Gasteiger partial charge is 0.411 e. The van der Waals surface area contributed by atoms with Gasteiger partial charge < -0.3 is 14.2 Å².